The average Bonchev–Trinajstić information content (AvgIpc) is 3.00. The van der Waals surface area contributed by atoms with Crippen LogP contribution >= 0.6 is 0 Å². The summed E-state index contributed by atoms with van der Waals surface area (Å²) in [6.07, 6.45) is 5.36. The molecule has 2 aromatic carbocycles. The lowest BCUT2D eigenvalue weighted by atomic mass is 10.0. The van der Waals surface area contributed by atoms with E-state index in [1.54, 1.807) is 12.4 Å². The number of nitriles is 1. The van der Waals surface area contributed by atoms with Gasteiger partial charge in [-0.05, 0) is 42.8 Å². The van der Waals surface area contributed by atoms with Gasteiger partial charge in [0.05, 0.1) is 11.6 Å². The van der Waals surface area contributed by atoms with Gasteiger partial charge in [-0.1, -0.05) is 30.3 Å². The van der Waals surface area contributed by atoms with E-state index in [4.69, 9.17) is 0 Å². The Labute approximate surface area is 146 Å². The zero-order chi connectivity index (χ0) is 17.2. The minimum Gasteiger partial charge on any atom is -0.341 e. The van der Waals surface area contributed by atoms with Crippen molar-refractivity contribution in [1.29, 1.82) is 5.26 Å². The number of rotatable bonds is 3. The number of pyridine rings is 1. The number of nitrogens with zero attached hydrogens (tertiary/aromatic N) is 3. The molecule has 0 spiro atoms. The molecule has 0 amide bonds. The predicted octanol–water partition coefficient (Wildman–Crippen LogP) is 5.27. The highest BCUT2D eigenvalue weighted by Gasteiger charge is 2.09. The van der Waals surface area contributed by atoms with Crippen molar-refractivity contribution in [3.05, 3.63) is 78.1 Å². The number of para-hydroxylation sites is 1. The highest BCUT2D eigenvalue weighted by atomic mass is 15.0. The Bertz CT molecular complexity index is 1130. The highest BCUT2D eigenvalue weighted by Crippen LogP contribution is 2.30. The van der Waals surface area contributed by atoms with Crippen molar-refractivity contribution in [1.82, 2.24) is 9.55 Å². The molecule has 0 fully saturated rings. The van der Waals surface area contributed by atoms with Gasteiger partial charge in [0.25, 0.3) is 0 Å². The van der Waals surface area contributed by atoms with E-state index < -0.39 is 0 Å². The number of fused-ring (bicyclic) bond motifs is 3. The molecule has 4 rings (SSSR count). The van der Waals surface area contributed by atoms with Crippen LogP contribution in [0.15, 0.2) is 67.0 Å². The summed E-state index contributed by atoms with van der Waals surface area (Å²) in [5.41, 5.74) is 4.94. The van der Waals surface area contributed by atoms with Gasteiger partial charge in [-0.3, -0.25) is 4.98 Å². The number of hydrogen-bond donors (Lipinski definition) is 0. The number of benzene rings is 2. The molecule has 0 atom stereocenters. The molecule has 0 N–H and O–H groups in total. The molecule has 2 aromatic heterocycles. The fraction of sp³-hybridized carbons (Fsp3) is 0.0909. The predicted molar refractivity (Wildman–Crippen MR) is 103 cm³/mol. The second kappa shape index (κ2) is 6.26. The molecule has 4 aromatic rings. The van der Waals surface area contributed by atoms with E-state index in [9.17, 15) is 5.26 Å². The molecule has 2 heterocycles. The second-order valence-electron chi connectivity index (χ2n) is 5.95. The highest BCUT2D eigenvalue weighted by molar-refractivity contribution is 6.09. The molecule has 0 aliphatic carbocycles. The van der Waals surface area contributed by atoms with Crippen molar-refractivity contribution < 1.29 is 0 Å². The Hall–Kier alpha value is -3.38. The third kappa shape index (κ3) is 2.58. The maximum absolute atomic E-state index is 9.52. The van der Waals surface area contributed by atoms with Crippen molar-refractivity contribution in [2.75, 3.05) is 0 Å². The van der Waals surface area contributed by atoms with Gasteiger partial charge in [0.1, 0.15) is 0 Å². The molecular formula is C22H17N3. The Morgan fingerprint density at radius 1 is 1.08 bits per heavy atom. The summed E-state index contributed by atoms with van der Waals surface area (Å²) in [5, 5.41) is 12.0. The van der Waals surface area contributed by atoms with Crippen LogP contribution in [-0.4, -0.2) is 9.55 Å². The van der Waals surface area contributed by atoms with E-state index in [0.29, 0.717) is 5.57 Å². The third-order valence-corrected chi connectivity index (χ3v) is 4.52. The van der Waals surface area contributed by atoms with Gasteiger partial charge in [0, 0.05) is 46.3 Å². The quantitative estimate of drug-likeness (QED) is 0.482. The van der Waals surface area contributed by atoms with Crippen LogP contribution in [0.4, 0.5) is 0 Å². The molecule has 0 saturated carbocycles. The zero-order valence-corrected chi connectivity index (χ0v) is 14.0. The van der Waals surface area contributed by atoms with Crippen LogP contribution in [0.5, 0.6) is 0 Å². The first-order chi connectivity index (χ1) is 12.3. The first-order valence-corrected chi connectivity index (χ1v) is 8.35. The first-order valence-electron chi connectivity index (χ1n) is 8.35. The summed E-state index contributed by atoms with van der Waals surface area (Å²) in [7, 11) is 0. The van der Waals surface area contributed by atoms with Crippen LogP contribution in [0, 0.1) is 11.3 Å². The van der Waals surface area contributed by atoms with Gasteiger partial charge >= 0.3 is 0 Å². The average molecular weight is 323 g/mol. The second-order valence-corrected chi connectivity index (χ2v) is 5.95. The van der Waals surface area contributed by atoms with Crippen molar-refractivity contribution in [3.63, 3.8) is 0 Å². The Balaban J connectivity index is 1.91. The van der Waals surface area contributed by atoms with Gasteiger partial charge in [-0.25, -0.2) is 0 Å². The third-order valence-electron chi connectivity index (χ3n) is 4.52. The van der Waals surface area contributed by atoms with Gasteiger partial charge in [0.2, 0.25) is 0 Å². The van der Waals surface area contributed by atoms with E-state index >= 15 is 0 Å². The van der Waals surface area contributed by atoms with Crippen LogP contribution < -0.4 is 0 Å². The number of aryl methyl sites for hydroxylation is 1. The Kier molecular flexibility index (Phi) is 3.80. The first kappa shape index (κ1) is 15.2. The van der Waals surface area contributed by atoms with Crippen molar-refractivity contribution >= 4 is 33.5 Å². The molecule has 0 unspecified atom stereocenters. The van der Waals surface area contributed by atoms with Crippen LogP contribution in [0.3, 0.4) is 0 Å². The van der Waals surface area contributed by atoms with Crippen LogP contribution in [0.25, 0.3) is 33.5 Å². The molecule has 0 radical (unpaired) electrons. The fourth-order valence-electron chi connectivity index (χ4n) is 3.37. The van der Waals surface area contributed by atoms with Crippen LogP contribution in [-0.2, 0) is 6.54 Å². The zero-order valence-electron chi connectivity index (χ0n) is 14.0. The number of allylic oxidation sites excluding steroid dienone is 1. The summed E-state index contributed by atoms with van der Waals surface area (Å²) in [4.78, 5) is 4.11. The standard InChI is InChI=1S/C22H17N3/c1-2-25-21-8-4-3-7-19(21)20-13-16(9-10-22(20)25)12-18(14-23)17-6-5-11-24-15-17/h3-13,15H,2H2,1H3/b18-12+. The van der Waals surface area contributed by atoms with E-state index in [-0.39, 0.29) is 0 Å². The Morgan fingerprint density at radius 2 is 1.92 bits per heavy atom. The lowest BCUT2D eigenvalue weighted by Crippen LogP contribution is -1.92. The maximum Gasteiger partial charge on any atom is 0.0998 e. The van der Waals surface area contributed by atoms with Gasteiger partial charge < -0.3 is 4.57 Å². The van der Waals surface area contributed by atoms with Gasteiger partial charge in [0.15, 0.2) is 0 Å². The largest absolute Gasteiger partial charge is 0.341 e. The van der Waals surface area contributed by atoms with E-state index in [2.05, 4.69) is 65.0 Å². The van der Waals surface area contributed by atoms with Crippen LogP contribution in [0.2, 0.25) is 0 Å². The molecule has 120 valence electrons. The van der Waals surface area contributed by atoms with E-state index in [1.165, 1.54) is 21.8 Å². The lowest BCUT2D eigenvalue weighted by Gasteiger charge is -2.03. The summed E-state index contributed by atoms with van der Waals surface area (Å²) < 4.78 is 2.32. The summed E-state index contributed by atoms with van der Waals surface area (Å²) in [5.74, 6) is 0. The van der Waals surface area contributed by atoms with E-state index in [1.807, 2.05) is 18.2 Å². The molecule has 3 nitrogen and oxygen atoms in total. The van der Waals surface area contributed by atoms with Gasteiger partial charge in [-0.2, -0.15) is 5.26 Å². The minimum absolute atomic E-state index is 0.617. The van der Waals surface area contributed by atoms with Crippen molar-refractivity contribution in [3.8, 4) is 6.07 Å². The summed E-state index contributed by atoms with van der Waals surface area (Å²) in [6, 6.07) is 20.9. The molecule has 0 saturated heterocycles. The molecule has 0 aliphatic heterocycles. The molecule has 3 heteroatoms. The lowest BCUT2D eigenvalue weighted by molar-refractivity contribution is 0.827. The summed E-state index contributed by atoms with van der Waals surface area (Å²) in [6.45, 7) is 3.09. The normalized spacial score (nSPS) is 11.8. The Morgan fingerprint density at radius 3 is 2.68 bits per heavy atom. The van der Waals surface area contributed by atoms with Crippen molar-refractivity contribution in [2.45, 2.75) is 13.5 Å². The molecular weight excluding hydrogens is 306 g/mol. The number of aromatic nitrogens is 2. The number of hydrogen-bond acceptors (Lipinski definition) is 2. The minimum atomic E-state index is 0.617. The van der Waals surface area contributed by atoms with Crippen molar-refractivity contribution in [2.24, 2.45) is 0 Å². The smallest absolute Gasteiger partial charge is 0.0998 e. The summed E-state index contributed by atoms with van der Waals surface area (Å²) >= 11 is 0. The maximum atomic E-state index is 9.52. The molecule has 0 aliphatic rings. The van der Waals surface area contributed by atoms with Gasteiger partial charge in [-0.15, -0.1) is 0 Å². The topological polar surface area (TPSA) is 41.6 Å². The fourth-order valence-corrected chi connectivity index (χ4v) is 3.37. The molecule has 25 heavy (non-hydrogen) atoms. The van der Waals surface area contributed by atoms with Crippen LogP contribution in [0.1, 0.15) is 18.1 Å². The van der Waals surface area contributed by atoms with E-state index in [0.717, 1.165) is 17.7 Å². The monoisotopic (exact) mass is 323 g/mol. The molecule has 0 bridgehead atoms. The SMILES string of the molecule is CCn1c2ccccc2c2cc(/C=C(\C#N)c3cccnc3)ccc21.